The van der Waals surface area contributed by atoms with E-state index in [1.165, 1.54) is 23.5 Å². The summed E-state index contributed by atoms with van der Waals surface area (Å²) in [6.07, 6.45) is 0. The Balaban J connectivity index is 2.28. The molecular formula is C15H15ClFNO2S. The molecule has 0 unspecified atom stereocenters. The van der Waals surface area contributed by atoms with E-state index in [9.17, 15) is 12.8 Å². The van der Waals surface area contributed by atoms with Crippen LogP contribution < -0.4 is 0 Å². The molecule has 2 rings (SSSR count). The average Bonchev–Trinajstić information content (AvgIpc) is 2.40. The summed E-state index contributed by atoms with van der Waals surface area (Å²) in [5.74, 6) is -0.452. The first-order valence-corrected chi connectivity index (χ1v) is 8.09. The molecule has 0 radical (unpaired) electrons. The van der Waals surface area contributed by atoms with Crippen LogP contribution >= 0.6 is 11.6 Å². The van der Waals surface area contributed by atoms with Gasteiger partial charge in [-0.25, -0.2) is 12.8 Å². The Morgan fingerprint density at radius 3 is 2.33 bits per heavy atom. The second kappa shape index (κ2) is 6.13. The quantitative estimate of drug-likeness (QED) is 0.860. The number of hydrogen-bond donors (Lipinski definition) is 0. The molecule has 112 valence electrons. The topological polar surface area (TPSA) is 37.4 Å². The minimum Gasteiger partial charge on any atom is -0.207 e. The fourth-order valence-electron chi connectivity index (χ4n) is 2.00. The summed E-state index contributed by atoms with van der Waals surface area (Å²) < 4.78 is 39.4. The fourth-order valence-corrected chi connectivity index (χ4v) is 3.49. The summed E-state index contributed by atoms with van der Waals surface area (Å²) in [5.41, 5.74) is 1.21. The van der Waals surface area contributed by atoms with Crippen molar-refractivity contribution in [3.63, 3.8) is 0 Å². The molecule has 2 aromatic carbocycles. The number of rotatable bonds is 4. The van der Waals surface area contributed by atoms with Crippen LogP contribution in [0.15, 0.2) is 47.4 Å². The lowest BCUT2D eigenvalue weighted by molar-refractivity contribution is 0.466. The zero-order chi connectivity index (χ0) is 15.6. The van der Waals surface area contributed by atoms with E-state index in [1.807, 2.05) is 0 Å². The van der Waals surface area contributed by atoms with Gasteiger partial charge in [0.2, 0.25) is 10.0 Å². The first kappa shape index (κ1) is 15.9. The van der Waals surface area contributed by atoms with Crippen molar-refractivity contribution in [3.05, 3.63) is 64.4 Å². The predicted molar refractivity (Wildman–Crippen MR) is 81.2 cm³/mol. The van der Waals surface area contributed by atoms with Crippen LogP contribution in [-0.2, 0) is 16.6 Å². The molecule has 0 spiro atoms. The van der Waals surface area contributed by atoms with E-state index in [-0.39, 0.29) is 11.4 Å². The Hall–Kier alpha value is -1.43. The predicted octanol–water partition coefficient (Wildman–Crippen LogP) is 3.61. The van der Waals surface area contributed by atoms with Crippen molar-refractivity contribution in [2.24, 2.45) is 0 Å². The molecular weight excluding hydrogens is 313 g/mol. The summed E-state index contributed by atoms with van der Waals surface area (Å²) in [6, 6.07) is 10.6. The highest BCUT2D eigenvalue weighted by atomic mass is 35.5. The van der Waals surface area contributed by atoms with Crippen molar-refractivity contribution in [2.45, 2.75) is 18.4 Å². The Labute approximate surface area is 129 Å². The molecule has 0 heterocycles. The number of sulfonamides is 1. The molecule has 0 saturated carbocycles. The first-order valence-electron chi connectivity index (χ1n) is 6.27. The van der Waals surface area contributed by atoms with Crippen LogP contribution in [0.25, 0.3) is 0 Å². The van der Waals surface area contributed by atoms with Gasteiger partial charge in [0.05, 0.1) is 4.90 Å². The van der Waals surface area contributed by atoms with Crippen molar-refractivity contribution in [3.8, 4) is 0 Å². The number of aryl methyl sites for hydroxylation is 1. The lowest BCUT2D eigenvalue weighted by atomic mass is 10.2. The van der Waals surface area contributed by atoms with Gasteiger partial charge in [0, 0.05) is 18.6 Å². The smallest absolute Gasteiger partial charge is 0.207 e. The minimum atomic E-state index is -3.66. The van der Waals surface area contributed by atoms with Crippen LogP contribution in [0.3, 0.4) is 0 Å². The zero-order valence-corrected chi connectivity index (χ0v) is 13.2. The second-order valence-electron chi connectivity index (χ2n) is 4.80. The Morgan fingerprint density at radius 1 is 1.14 bits per heavy atom. The Kier molecular flexibility index (Phi) is 4.66. The molecule has 0 bridgehead atoms. The lowest BCUT2D eigenvalue weighted by Gasteiger charge is -2.18. The minimum absolute atomic E-state index is 0.111. The Bertz CT molecular complexity index is 745. The van der Waals surface area contributed by atoms with E-state index in [0.717, 1.165) is 11.6 Å². The van der Waals surface area contributed by atoms with Crippen molar-refractivity contribution in [1.29, 1.82) is 0 Å². The number of halogens is 2. The SMILES string of the molecule is Cc1cc(F)ccc1S(=O)(=O)N(C)Cc1ccc(Cl)cc1. The van der Waals surface area contributed by atoms with Crippen molar-refractivity contribution < 1.29 is 12.8 Å². The van der Waals surface area contributed by atoms with Gasteiger partial charge in [-0.15, -0.1) is 0 Å². The summed E-state index contributed by atoms with van der Waals surface area (Å²) in [6.45, 7) is 1.79. The van der Waals surface area contributed by atoms with Gasteiger partial charge in [-0.05, 0) is 48.4 Å². The molecule has 0 N–H and O–H groups in total. The number of hydrogen-bond acceptors (Lipinski definition) is 2. The molecule has 0 amide bonds. The van der Waals surface area contributed by atoms with Crippen LogP contribution in [0, 0.1) is 12.7 Å². The van der Waals surface area contributed by atoms with Crippen molar-refractivity contribution in [1.82, 2.24) is 4.31 Å². The van der Waals surface area contributed by atoms with Crippen LogP contribution in [0.1, 0.15) is 11.1 Å². The molecule has 0 aliphatic heterocycles. The molecule has 2 aromatic rings. The van der Waals surface area contributed by atoms with E-state index >= 15 is 0 Å². The van der Waals surface area contributed by atoms with E-state index in [2.05, 4.69) is 0 Å². The standard InChI is InChI=1S/C15H15ClFNO2S/c1-11-9-14(17)7-8-15(11)21(19,20)18(2)10-12-3-5-13(16)6-4-12/h3-9H,10H2,1-2H3. The highest BCUT2D eigenvalue weighted by Gasteiger charge is 2.23. The monoisotopic (exact) mass is 327 g/mol. The molecule has 0 saturated heterocycles. The van der Waals surface area contributed by atoms with Gasteiger partial charge in [0.15, 0.2) is 0 Å². The van der Waals surface area contributed by atoms with Gasteiger partial charge in [0.1, 0.15) is 5.82 Å². The summed E-state index contributed by atoms with van der Waals surface area (Å²) in [5, 5.41) is 0.596. The van der Waals surface area contributed by atoms with Crippen molar-refractivity contribution >= 4 is 21.6 Å². The molecule has 0 aromatic heterocycles. The maximum Gasteiger partial charge on any atom is 0.243 e. The van der Waals surface area contributed by atoms with E-state index in [1.54, 1.807) is 31.2 Å². The average molecular weight is 328 g/mol. The highest BCUT2D eigenvalue weighted by Crippen LogP contribution is 2.21. The second-order valence-corrected chi connectivity index (χ2v) is 7.25. The third-order valence-electron chi connectivity index (χ3n) is 3.14. The summed E-state index contributed by atoms with van der Waals surface area (Å²) >= 11 is 5.80. The maximum absolute atomic E-state index is 13.1. The summed E-state index contributed by atoms with van der Waals surface area (Å²) in [4.78, 5) is 0.111. The highest BCUT2D eigenvalue weighted by molar-refractivity contribution is 7.89. The first-order chi connectivity index (χ1) is 9.80. The normalized spacial score (nSPS) is 11.9. The van der Waals surface area contributed by atoms with Crippen LogP contribution in [0.5, 0.6) is 0 Å². The molecule has 21 heavy (non-hydrogen) atoms. The van der Waals surface area contributed by atoms with E-state index < -0.39 is 15.8 Å². The largest absolute Gasteiger partial charge is 0.243 e. The third kappa shape index (κ3) is 3.61. The van der Waals surface area contributed by atoms with Gasteiger partial charge in [-0.1, -0.05) is 23.7 Å². The van der Waals surface area contributed by atoms with E-state index in [0.29, 0.717) is 10.6 Å². The lowest BCUT2D eigenvalue weighted by Crippen LogP contribution is -2.27. The van der Waals surface area contributed by atoms with Crippen molar-refractivity contribution in [2.75, 3.05) is 7.05 Å². The fraction of sp³-hybridized carbons (Fsp3) is 0.200. The zero-order valence-electron chi connectivity index (χ0n) is 11.7. The molecule has 0 aliphatic rings. The van der Waals surface area contributed by atoms with Gasteiger partial charge in [-0.3, -0.25) is 0 Å². The van der Waals surface area contributed by atoms with E-state index in [4.69, 9.17) is 11.6 Å². The van der Waals surface area contributed by atoms with Crippen LogP contribution in [0.4, 0.5) is 4.39 Å². The molecule has 6 heteroatoms. The van der Waals surface area contributed by atoms with Gasteiger partial charge < -0.3 is 0 Å². The number of benzene rings is 2. The number of nitrogens with zero attached hydrogens (tertiary/aromatic N) is 1. The third-order valence-corrected chi connectivity index (χ3v) is 5.36. The molecule has 0 aliphatic carbocycles. The molecule has 3 nitrogen and oxygen atoms in total. The molecule has 0 atom stereocenters. The van der Waals surface area contributed by atoms with Gasteiger partial charge >= 0.3 is 0 Å². The van der Waals surface area contributed by atoms with Crippen LogP contribution in [-0.4, -0.2) is 19.8 Å². The summed E-state index contributed by atoms with van der Waals surface area (Å²) in [7, 11) is -2.17. The molecule has 0 fully saturated rings. The van der Waals surface area contributed by atoms with Crippen LogP contribution in [0.2, 0.25) is 5.02 Å². The Morgan fingerprint density at radius 2 is 1.76 bits per heavy atom. The maximum atomic E-state index is 13.1. The van der Waals surface area contributed by atoms with Gasteiger partial charge in [0.25, 0.3) is 0 Å². The van der Waals surface area contributed by atoms with Gasteiger partial charge in [-0.2, -0.15) is 4.31 Å².